The highest BCUT2D eigenvalue weighted by molar-refractivity contribution is 9.09. The zero-order valence-electron chi connectivity index (χ0n) is 9.61. The zero-order valence-corrected chi connectivity index (χ0v) is 11.2. The minimum Gasteiger partial charge on any atom is -0.366 e. The van der Waals surface area contributed by atoms with Gasteiger partial charge in [-0.3, -0.25) is 4.79 Å². The zero-order chi connectivity index (χ0) is 11.4. The second kappa shape index (κ2) is 5.12. The van der Waals surface area contributed by atoms with E-state index in [2.05, 4.69) is 21.2 Å². The largest absolute Gasteiger partial charge is 0.366 e. The predicted octanol–water partition coefficient (Wildman–Crippen LogP) is 2.09. The predicted molar refractivity (Wildman–Crippen MR) is 61.7 cm³/mol. The van der Waals surface area contributed by atoms with Gasteiger partial charge in [-0.25, -0.2) is 0 Å². The number of halogens is 1. The van der Waals surface area contributed by atoms with Gasteiger partial charge in [-0.15, -0.1) is 0 Å². The molecule has 0 bridgehead atoms. The summed E-state index contributed by atoms with van der Waals surface area (Å²) in [6, 6.07) is 0. The van der Waals surface area contributed by atoms with Crippen molar-refractivity contribution in [2.75, 3.05) is 11.9 Å². The van der Waals surface area contributed by atoms with E-state index < -0.39 is 0 Å². The molecule has 1 amide bonds. The molecule has 0 saturated heterocycles. The Kier molecular flexibility index (Phi) is 5.09. The average molecular weight is 266 g/mol. The monoisotopic (exact) mass is 265 g/mol. The Morgan fingerprint density at radius 2 is 1.79 bits per heavy atom. The highest BCUT2D eigenvalue weighted by Crippen LogP contribution is 2.08. The number of hydrogen-bond acceptors (Lipinski definition) is 2. The second-order valence-corrected chi connectivity index (χ2v) is 5.53. The van der Waals surface area contributed by atoms with E-state index in [9.17, 15) is 4.79 Å². The van der Waals surface area contributed by atoms with Crippen LogP contribution in [-0.4, -0.2) is 29.0 Å². The highest BCUT2D eigenvalue weighted by Gasteiger charge is 2.20. The van der Waals surface area contributed by atoms with Crippen LogP contribution in [0.5, 0.6) is 0 Å². The summed E-state index contributed by atoms with van der Waals surface area (Å²) >= 11 is 3.33. The van der Waals surface area contributed by atoms with Gasteiger partial charge < -0.3 is 10.1 Å². The van der Waals surface area contributed by atoms with Crippen LogP contribution in [0.3, 0.4) is 0 Å². The molecule has 0 spiro atoms. The van der Waals surface area contributed by atoms with Crippen LogP contribution in [0.2, 0.25) is 0 Å². The van der Waals surface area contributed by atoms with E-state index in [4.69, 9.17) is 4.74 Å². The highest BCUT2D eigenvalue weighted by atomic mass is 79.9. The molecule has 0 aliphatic rings. The summed E-state index contributed by atoms with van der Waals surface area (Å²) in [5.74, 6) is -0.0793. The Morgan fingerprint density at radius 1 is 1.29 bits per heavy atom. The first-order valence-corrected chi connectivity index (χ1v) is 5.79. The number of nitrogens with one attached hydrogen (secondary N) is 1. The van der Waals surface area contributed by atoms with E-state index in [1.807, 2.05) is 34.6 Å². The van der Waals surface area contributed by atoms with Gasteiger partial charge in [-0.05, 0) is 34.6 Å². The summed E-state index contributed by atoms with van der Waals surface area (Å²) in [6.45, 7) is 9.80. The van der Waals surface area contributed by atoms with Gasteiger partial charge in [-0.1, -0.05) is 15.9 Å². The van der Waals surface area contributed by atoms with Gasteiger partial charge in [-0.2, -0.15) is 0 Å². The van der Waals surface area contributed by atoms with Gasteiger partial charge in [0.05, 0.1) is 5.60 Å². The minimum atomic E-state index is -0.268. The first-order valence-electron chi connectivity index (χ1n) is 4.67. The molecular formula is C10H20BrNO2. The van der Waals surface area contributed by atoms with Crippen molar-refractivity contribution in [3.8, 4) is 0 Å². The molecule has 0 aromatic rings. The summed E-state index contributed by atoms with van der Waals surface area (Å²) in [6.07, 6.45) is 0. The third kappa shape index (κ3) is 7.33. The summed E-state index contributed by atoms with van der Waals surface area (Å²) in [5, 5.41) is 3.59. The van der Waals surface area contributed by atoms with Crippen LogP contribution in [0.4, 0.5) is 0 Å². The number of carbonyl (C=O) groups is 1. The molecule has 3 nitrogen and oxygen atoms in total. The fourth-order valence-corrected chi connectivity index (χ4v) is 0.869. The lowest BCUT2D eigenvalue weighted by atomic mass is 10.1. The Balaban J connectivity index is 3.89. The van der Waals surface area contributed by atoms with Crippen molar-refractivity contribution >= 4 is 21.8 Å². The van der Waals surface area contributed by atoms with Crippen LogP contribution in [0, 0.1) is 0 Å². The van der Waals surface area contributed by atoms with E-state index in [1.54, 1.807) is 0 Å². The van der Waals surface area contributed by atoms with Crippen LogP contribution < -0.4 is 5.32 Å². The number of rotatable bonds is 4. The van der Waals surface area contributed by atoms with E-state index in [0.717, 1.165) is 5.33 Å². The summed E-state index contributed by atoms with van der Waals surface area (Å²) in [4.78, 5) is 11.4. The van der Waals surface area contributed by atoms with Crippen molar-refractivity contribution in [2.24, 2.45) is 0 Å². The average Bonchev–Trinajstić information content (AvgIpc) is 1.99. The maximum atomic E-state index is 11.4. The van der Waals surface area contributed by atoms with Gasteiger partial charge in [0.15, 0.2) is 0 Å². The molecule has 0 aliphatic heterocycles. The Labute approximate surface area is 94.7 Å². The number of hydrogen-bond donors (Lipinski definition) is 1. The smallest absolute Gasteiger partial charge is 0.246 e. The fraction of sp³-hybridized carbons (Fsp3) is 0.900. The Bertz CT molecular complexity index is 197. The van der Waals surface area contributed by atoms with Gasteiger partial charge >= 0.3 is 0 Å². The SMILES string of the molecule is CC(C)(CBr)NC(=O)COC(C)(C)C. The maximum Gasteiger partial charge on any atom is 0.246 e. The van der Waals surface area contributed by atoms with E-state index in [-0.39, 0.29) is 23.7 Å². The van der Waals surface area contributed by atoms with Crippen LogP contribution in [-0.2, 0) is 9.53 Å². The van der Waals surface area contributed by atoms with Crippen LogP contribution in [0.25, 0.3) is 0 Å². The third-order valence-electron chi connectivity index (χ3n) is 1.45. The van der Waals surface area contributed by atoms with Crippen molar-refractivity contribution in [3.05, 3.63) is 0 Å². The molecule has 4 heteroatoms. The number of ether oxygens (including phenoxy) is 1. The molecule has 0 aromatic heterocycles. The molecule has 0 fully saturated rings. The molecule has 0 atom stereocenters. The molecule has 14 heavy (non-hydrogen) atoms. The van der Waals surface area contributed by atoms with Crippen LogP contribution in [0.15, 0.2) is 0 Å². The Morgan fingerprint density at radius 3 is 2.14 bits per heavy atom. The van der Waals surface area contributed by atoms with Crippen molar-refractivity contribution in [2.45, 2.75) is 45.8 Å². The van der Waals surface area contributed by atoms with Crippen molar-refractivity contribution in [3.63, 3.8) is 0 Å². The molecule has 0 radical (unpaired) electrons. The minimum absolute atomic E-state index is 0.0793. The van der Waals surface area contributed by atoms with Crippen molar-refractivity contribution in [1.82, 2.24) is 5.32 Å². The van der Waals surface area contributed by atoms with Gasteiger partial charge in [0.1, 0.15) is 6.61 Å². The van der Waals surface area contributed by atoms with Gasteiger partial charge in [0.25, 0.3) is 0 Å². The fourth-order valence-electron chi connectivity index (χ4n) is 0.729. The molecule has 0 heterocycles. The Hall–Kier alpha value is -0.0900. The lowest BCUT2D eigenvalue weighted by molar-refractivity contribution is -0.131. The lowest BCUT2D eigenvalue weighted by Gasteiger charge is -2.25. The second-order valence-electron chi connectivity index (χ2n) is 4.97. The first kappa shape index (κ1) is 13.9. The van der Waals surface area contributed by atoms with E-state index >= 15 is 0 Å². The summed E-state index contributed by atoms with van der Waals surface area (Å²) < 4.78 is 5.35. The number of amides is 1. The van der Waals surface area contributed by atoms with E-state index in [1.165, 1.54) is 0 Å². The maximum absolute atomic E-state index is 11.4. The molecule has 0 rings (SSSR count). The van der Waals surface area contributed by atoms with Crippen LogP contribution >= 0.6 is 15.9 Å². The first-order chi connectivity index (χ1) is 6.16. The quantitative estimate of drug-likeness (QED) is 0.791. The van der Waals surface area contributed by atoms with Crippen LogP contribution in [0.1, 0.15) is 34.6 Å². The van der Waals surface area contributed by atoms with Gasteiger partial charge in [0, 0.05) is 10.9 Å². The lowest BCUT2D eigenvalue weighted by Crippen LogP contribution is -2.47. The van der Waals surface area contributed by atoms with E-state index in [0.29, 0.717) is 0 Å². The molecule has 84 valence electrons. The molecule has 0 saturated carbocycles. The summed E-state index contributed by atoms with van der Waals surface area (Å²) in [7, 11) is 0. The van der Waals surface area contributed by atoms with Crippen molar-refractivity contribution in [1.29, 1.82) is 0 Å². The molecule has 1 N–H and O–H groups in total. The summed E-state index contributed by atoms with van der Waals surface area (Å²) in [5.41, 5.74) is -0.492. The van der Waals surface area contributed by atoms with Crippen molar-refractivity contribution < 1.29 is 9.53 Å². The van der Waals surface area contributed by atoms with Gasteiger partial charge in [0.2, 0.25) is 5.91 Å². The molecule has 0 aromatic carbocycles. The topological polar surface area (TPSA) is 38.3 Å². The molecular weight excluding hydrogens is 246 g/mol. The number of carbonyl (C=O) groups excluding carboxylic acids is 1. The molecule has 0 aliphatic carbocycles. The third-order valence-corrected chi connectivity index (χ3v) is 2.85. The number of alkyl halides is 1. The standard InChI is InChI=1S/C10H20BrNO2/c1-9(2,3)14-6-8(13)12-10(4,5)7-11/h6-7H2,1-5H3,(H,12,13). The molecule has 0 unspecified atom stereocenters. The normalized spacial score (nSPS) is 12.7.